The number of nitrogens with one attached hydrogen (secondary N) is 1. The molecule has 0 spiro atoms. The monoisotopic (exact) mass is 260 g/mol. The highest BCUT2D eigenvalue weighted by Gasteiger charge is 2.33. The zero-order chi connectivity index (χ0) is 14.2. The topological polar surface area (TPSA) is 50.8 Å². The first-order chi connectivity index (χ1) is 8.40. The van der Waals surface area contributed by atoms with Gasteiger partial charge in [0.15, 0.2) is 0 Å². The van der Waals surface area contributed by atoms with Crippen molar-refractivity contribution in [2.45, 2.75) is 39.3 Å². The normalized spacial score (nSPS) is 13.4. The van der Waals surface area contributed by atoms with Crippen molar-refractivity contribution in [3.05, 3.63) is 0 Å². The third kappa shape index (κ3) is 5.33. The average molecular weight is 260 g/mol. The summed E-state index contributed by atoms with van der Waals surface area (Å²) in [6, 6.07) is 0.0376. The van der Waals surface area contributed by atoms with E-state index in [2.05, 4.69) is 5.32 Å². The van der Waals surface area contributed by atoms with Crippen LogP contribution in [0.2, 0.25) is 0 Å². The summed E-state index contributed by atoms with van der Waals surface area (Å²) in [5.74, 6) is 0.0750. The molecule has 0 saturated carbocycles. The Morgan fingerprint density at radius 1 is 1.33 bits per heavy atom. The van der Waals surface area contributed by atoms with Gasteiger partial charge >= 0.3 is 0 Å². The first kappa shape index (κ1) is 17.4. The number of carbonyl (C=O) groups excluding carboxylic acids is 1. The minimum absolute atomic E-state index is 0.0376. The number of hydrogen-bond donors (Lipinski definition) is 1. The molecule has 1 N–H and O–H groups in total. The van der Waals surface area contributed by atoms with Crippen LogP contribution in [0.1, 0.15) is 27.7 Å². The van der Waals surface area contributed by atoms with Gasteiger partial charge in [-0.3, -0.25) is 4.79 Å². The van der Waals surface area contributed by atoms with Crippen molar-refractivity contribution in [1.82, 2.24) is 10.2 Å². The number of nitrogens with zero attached hydrogens (tertiary/aromatic N) is 1. The minimum atomic E-state index is -0.565. The van der Waals surface area contributed by atoms with E-state index >= 15 is 0 Å². The molecule has 0 saturated heterocycles. The molecule has 1 unspecified atom stereocenters. The molecule has 0 bridgehead atoms. The van der Waals surface area contributed by atoms with E-state index in [9.17, 15) is 4.79 Å². The summed E-state index contributed by atoms with van der Waals surface area (Å²) in [5, 5.41) is 3.20. The molecule has 0 aliphatic heterocycles. The van der Waals surface area contributed by atoms with E-state index in [1.54, 1.807) is 14.2 Å². The number of rotatable bonds is 9. The number of carbonyl (C=O) groups is 1. The second-order valence-corrected chi connectivity index (χ2v) is 4.95. The van der Waals surface area contributed by atoms with Crippen LogP contribution in [0.15, 0.2) is 0 Å². The van der Waals surface area contributed by atoms with Crippen molar-refractivity contribution in [3.63, 3.8) is 0 Å². The first-order valence-electron chi connectivity index (χ1n) is 6.44. The van der Waals surface area contributed by atoms with Gasteiger partial charge in [0, 0.05) is 20.8 Å². The Labute approximate surface area is 111 Å². The first-order valence-corrected chi connectivity index (χ1v) is 6.44. The van der Waals surface area contributed by atoms with Gasteiger partial charge in [-0.15, -0.1) is 0 Å². The number of likely N-dealkylation sites (N-methyl/N-ethyl adjacent to an activating group) is 1. The van der Waals surface area contributed by atoms with E-state index in [4.69, 9.17) is 9.47 Å². The van der Waals surface area contributed by atoms with Crippen LogP contribution in [0.5, 0.6) is 0 Å². The van der Waals surface area contributed by atoms with Crippen LogP contribution in [-0.2, 0) is 14.3 Å². The fourth-order valence-electron chi connectivity index (χ4n) is 1.92. The average Bonchev–Trinajstić information content (AvgIpc) is 2.29. The Bertz CT molecular complexity index is 244. The minimum Gasteiger partial charge on any atom is -0.383 e. The maximum absolute atomic E-state index is 12.5. The molecular formula is C13H28N2O3. The summed E-state index contributed by atoms with van der Waals surface area (Å²) in [4.78, 5) is 14.3. The van der Waals surface area contributed by atoms with Gasteiger partial charge in [0.05, 0.1) is 24.8 Å². The molecule has 0 rings (SSSR count). The van der Waals surface area contributed by atoms with Crippen LogP contribution < -0.4 is 5.32 Å². The van der Waals surface area contributed by atoms with Crippen LogP contribution in [0.3, 0.4) is 0 Å². The summed E-state index contributed by atoms with van der Waals surface area (Å²) in [7, 11) is 3.28. The zero-order valence-corrected chi connectivity index (χ0v) is 12.6. The van der Waals surface area contributed by atoms with E-state index in [1.165, 1.54) is 0 Å². The molecule has 1 amide bonds. The van der Waals surface area contributed by atoms with Crippen LogP contribution in [-0.4, -0.2) is 62.9 Å². The lowest BCUT2D eigenvalue weighted by Gasteiger charge is -2.36. The quantitative estimate of drug-likeness (QED) is 0.669. The highest BCUT2D eigenvalue weighted by atomic mass is 16.5. The Kier molecular flexibility index (Phi) is 8.15. The van der Waals surface area contributed by atoms with Gasteiger partial charge in [0.2, 0.25) is 5.91 Å². The molecule has 0 aliphatic rings. The van der Waals surface area contributed by atoms with Crippen LogP contribution in [0, 0.1) is 0 Å². The number of ether oxygens (including phenoxy) is 2. The standard InChI is InChI=1S/C13H28N2O3/c1-7-14-13(3,4)12(16)15(8-9-17-5)11(2)10-18-6/h11,14H,7-10H2,1-6H3. The molecule has 108 valence electrons. The van der Waals surface area contributed by atoms with Crippen molar-refractivity contribution in [1.29, 1.82) is 0 Å². The summed E-state index contributed by atoms with van der Waals surface area (Å²) >= 11 is 0. The Balaban J connectivity index is 4.77. The lowest BCUT2D eigenvalue weighted by Crippen LogP contribution is -2.57. The van der Waals surface area contributed by atoms with Gasteiger partial charge in [-0.25, -0.2) is 0 Å². The number of methoxy groups -OCH3 is 2. The molecule has 0 aromatic rings. The highest BCUT2D eigenvalue weighted by Crippen LogP contribution is 2.11. The summed E-state index contributed by atoms with van der Waals surface area (Å²) in [5.41, 5.74) is -0.565. The Morgan fingerprint density at radius 3 is 2.39 bits per heavy atom. The molecule has 18 heavy (non-hydrogen) atoms. The summed E-state index contributed by atoms with van der Waals surface area (Å²) < 4.78 is 10.2. The second kappa shape index (κ2) is 8.45. The molecule has 0 fully saturated rings. The molecular weight excluding hydrogens is 232 g/mol. The highest BCUT2D eigenvalue weighted by molar-refractivity contribution is 5.85. The van der Waals surface area contributed by atoms with Crippen molar-refractivity contribution in [2.75, 3.05) is 40.5 Å². The molecule has 0 heterocycles. The van der Waals surface area contributed by atoms with Crippen LogP contribution in [0.25, 0.3) is 0 Å². The third-order valence-electron chi connectivity index (χ3n) is 2.89. The lowest BCUT2D eigenvalue weighted by molar-refractivity contribution is -0.141. The lowest BCUT2D eigenvalue weighted by atomic mass is 10.0. The number of hydrogen-bond acceptors (Lipinski definition) is 4. The largest absolute Gasteiger partial charge is 0.383 e. The van der Waals surface area contributed by atoms with Gasteiger partial charge in [0.25, 0.3) is 0 Å². The van der Waals surface area contributed by atoms with E-state index < -0.39 is 5.54 Å². The van der Waals surface area contributed by atoms with Gasteiger partial charge in [-0.1, -0.05) is 6.92 Å². The summed E-state index contributed by atoms with van der Waals surface area (Å²) in [6.07, 6.45) is 0. The molecule has 0 aliphatic carbocycles. The summed E-state index contributed by atoms with van der Waals surface area (Å²) in [6.45, 7) is 10.2. The molecule has 0 aromatic heterocycles. The Hall–Kier alpha value is -0.650. The smallest absolute Gasteiger partial charge is 0.242 e. The Morgan fingerprint density at radius 2 is 1.94 bits per heavy atom. The van der Waals surface area contributed by atoms with Crippen LogP contribution >= 0.6 is 0 Å². The predicted octanol–water partition coefficient (Wildman–Crippen LogP) is 0.884. The van der Waals surface area contributed by atoms with E-state index in [0.29, 0.717) is 19.8 Å². The van der Waals surface area contributed by atoms with Gasteiger partial charge in [-0.2, -0.15) is 0 Å². The molecule has 0 radical (unpaired) electrons. The fourth-order valence-corrected chi connectivity index (χ4v) is 1.92. The third-order valence-corrected chi connectivity index (χ3v) is 2.89. The van der Waals surface area contributed by atoms with Gasteiger partial charge in [-0.05, 0) is 27.3 Å². The molecule has 1 atom stereocenters. The fraction of sp³-hybridized carbons (Fsp3) is 0.923. The van der Waals surface area contributed by atoms with Gasteiger partial charge < -0.3 is 19.7 Å². The second-order valence-electron chi connectivity index (χ2n) is 4.95. The van der Waals surface area contributed by atoms with Crippen molar-refractivity contribution in [2.24, 2.45) is 0 Å². The van der Waals surface area contributed by atoms with Crippen molar-refractivity contribution in [3.8, 4) is 0 Å². The molecule has 5 heteroatoms. The predicted molar refractivity (Wildman–Crippen MR) is 72.7 cm³/mol. The van der Waals surface area contributed by atoms with E-state index in [0.717, 1.165) is 6.54 Å². The molecule has 5 nitrogen and oxygen atoms in total. The van der Waals surface area contributed by atoms with Gasteiger partial charge in [0.1, 0.15) is 0 Å². The molecule has 0 aromatic carbocycles. The zero-order valence-electron chi connectivity index (χ0n) is 12.6. The van der Waals surface area contributed by atoms with Crippen molar-refractivity contribution >= 4 is 5.91 Å². The number of amides is 1. The van der Waals surface area contributed by atoms with E-state index in [1.807, 2.05) is 32.6 Å². The van der Waals surface area contributed by atoms with Crippen LogP contribution in [0.4, 0.5) is 0 Å². The SMILES string of the molecule is CCNC(C)(C)C(=O)N(CCOC)C(C)COC. The maximum atomic E-state index is 12.5. The van der Waals surface area contributed by atoms with E-state index in [-0.39, 0.29) is 11.9 Å². The maximum Gasteiger partial charge on any atom is 0.242 e. The van der Waals surface area contributed by atoms with Crippen molar-refractivity contribution < 1.29 is 14.3 Å².